The summed E-state index contributed by atoms with van der Waals surface area (Å²) in [6, 6.07) is 4.02. The Balaban J connectivity index is 2.08. The van der Waals surface area contributed by atoms with E-state index in [1.165, 1.54) is 12.8 Å². The first-order valence-corrected chi connectivity index (χ1v) is 4.45. The summed E-state index contributed by atoms with van der Waals surface area (Å²) in [6.45, 7) is 2.20. The third kappa shape index (κ3) is 1.61. The standard InChI is InChI=1S/C9H13N3/c1-3-8(7-10-5-1)9-4-2-6-11-12-9/h2,4,6,8,10H,1,3,5,7H2/t8-/m1/s1. The molecule has 0 saturated carbocycles. The first-order chi connectivity index (χ1) is 5.97. The minimum absolute atomic E-state index is 0.576. The van der Waals surface area contributed by atoms with Gasteiger partial charge in [0.25, 0.3) is 0 Å². The SMILES string of the molecule is c1cnnc([C@@H]2CCCNC2)c1. The first-order valence-electron chi connectivity index (χ1n) is 4.45. The van der Waals surface area contributed by atoms with Gasteiger partial charge in [-0.1, -0.05) is 0 Å². The highest BCUT2D eigenvalue weighted by Gasteiger charge is 2.15. The molecule has 1 aromatic rings. The minimum Gasteiger partial charge on any atom is -0.316 e. The van der Waals surface area contributed by atoms with Crippen molar-refractivity contribution in [2.75, 3.05) is 13.1 Å². The Bertz CT molecular complexity index is 229. The molecule has 0 bridgehead atoms. The zero-order valence-electron chi connectivity index (χ0n) is 7.03. The maximum atomic E-state index is 4.11. The van der Waals surface area contributed by atoms with Crippen LogP contribution in [0.2, 0.25) is 0 Å². The Morgan fingerprint density at radius 2 is 2.50 bits per heavy atom. The van der Waals surface area contributed by atoms with Gasteiger partial charge in [0.05, 0.1) is 5.69 Å². The predicted molar refractivity (Wildman–Crippen MR) is 46.9 cm³/mol. The molecule has 0 spiro atoms. The molecule has 2 rings (SSSR count). The van der Waals surface area contributed by atoms with E-state index in [1.807, 2.05) is 6.07 Å². The van der Waals surface area contributed by atoms with Gasteiger partial charge in [-0.3, -0.25) is 0 Å². The van der Waals surface area contributed by atoms with Gasteiger partial charge in [0.15, 0.2) is 0 Å². The quantitative estimate of drug-likeness (QED) is 0.669. The van der Waals surface area contributed by atoms with Gasteiger partial charge in [-0.2, -0.15) is 10.2 Å². The van der Waals surface area contributed by atoms with Crippen LogP contribution in [0, 0.1) is 0 Å². The highest BCUT2D eigenvalue weighted by Crippen LogP contribution is 2.19. The second-order valence-corrected chi connectivity index (χ2v) is 3.19. The molecule has 0 radical (unpaired) electrons. The fourth-order valence-corrected chi connectivity index (χ4v) is 1.64. The molecule has 1 aliphatic rings. The van der Waals surface area contributed by atoms with Crippen LogP contribution in [0.4, 0.5) is 0 Å². The topological polar surface area (TPSA) is 37.8 Å². The summed E-state index contributed by atoms with van der Waals surface area (Å²) >= 11 is 0. The molecule has 64 valence electrons. The van der Waals surface area contributed by atoms with Crippen LogP contribution >= 0.6 is 0 Å². The second kappa shape index (κ2) is 3.63. The van der Waals surface area contributed by atoms with Gasteiger partial charge in [-0.25, -0.2) is 0 Å². The van der Waals surface area contributed by atoms with E-state index in [9.17, 15) is 0 Å². The molecule has 0 aliphatic carbocycles. The predicted octanol–water partition coefficient (Wildman–Crippen LogP) is 0.944. The summed E-state index contributed by atoms with van der Waals surface area (Å²) in [6.07, 6.45) is 4.21. The van der Waals surface area contributed by atoms with Gasteiger partial charge < -0.3 is 5.32 Å². The molecule has 0 unspecified atom stereocenters. The highest BCUT2D eigenvalue weighted by molar-refractivity contribution is 5.07. The largest absolute Gasteiger partial charge is 0.316 e. The van der Waals surface area contributed by atoms with E-state index in [1.54, 1.807) is 6.20 Å². The molecule has 1 aliphatic heterocycles. The summed E-state index contributed by atoms with van der Waals surface area (Å²) in [4.78, 5) is 0. The van der Waals surface area contributed by atoms with Crippen LogP contribution < -0.4 is 5.32 Å². The van der Waals surface area contributed by atoms with Crippen LogP contribution in [-0.4, -0.2) is 23.3 Å². The Hall–Kier alpha value is -0.960. The fraction of sp³-hybridized carbons (Fsp3) is 0.556. The fourth-order valence-electron chi connectivity index (χ4n) is 1.64. The molecule has 12 heavy (non-hydrogen) atoms. The highest BCUT2D eigenvalue weighted by atomic mass is 15.1. The summed E-state index contributed by atoms with van der Waals surface area (Å²) < 4.78 is 0. The molecular weight excluding hydrogens is 150 g/mol. The van der Waals surface area contributed by atoms with Crippen LogP contribution in [-0.2, 0) is 0 Å². The van der Waals surface area contributed by atoms with Gasteiger partial charge in [-0.15, -0.1) is 0 Å². The van der Waals surface area contributed by atoms with Crippen molar-refractivity contribution < 1.29 is 0 Å². The van der Waals surface area contributed by atoms with Crippen molar-refractivity contribution in [1.29, 1.82) is 0 Å². The third-order valence-electron chi connectivity index (χ3n) is 2.31. The average molecular weight is 163 g/mol. The summed E-state index contributed by atoms with van der Waals surface area (Å²) in [5.41, 5.74) is 1.13. The van der Waals surface area contributed by atoms with Crippen molar-refractivity contribution in [2.24, 2.45) is 0 Å². The molecule has 0 aromatic carbocycles. The molecule has 0 amide bonds. The molecule has 1 aromatic heterocycles. The molecule has 1 atom stereocenters. The molecule has 1 N–H and O–H groups in total. The van der Waals surface area contributed by atoms with E-state index < -0.39 is 0 Å². The molecule has 1 fully saturated rings. The van der Waals surface area contributed by atoms with Gasteiger partial charge in [0.1, 0.15) is 0 Å². The Kier molecular flexibility index (Phi) is 2.32. The molecule has 2 heterocycles. The normalized spacial score (nSPS) is 23.8. The van der Waals surface area contributed by atoms with Crippen molar-refractivity contribution in [3.8, 4) is 0 Å². The van der Waals surface area contributed by atoms with Gasteiger partial charge in [-0.05, 0) is 31.5 Å². The van der Waals surface area contributed by atoms with E-state index in [0.29, 0.717) is 5.92 Å². The smallest absolute Gasteiger partial charge is 0.0674 e. The Labute approximate surface area is 72.2 Å². The number of rotatable bonds is 1. The monoisotopic (exact) mass is 163 g/mol. The van der Waals surface area contributed by atoms with Crippen LogP contribution in [0.3, 0.4) is 0 Å². The van der Waals surface area contributed by atoms with E-state index in [0.717, 1.165) is 18.8 Å². The van der Waals surface area contributed by atoms with Crippen LogP contribution in [0.15, 0.2) is 18.3 Å². The number of hydrogen-bond donors (Lipinski definition) is 1. The number of nitrogens with one attached hydrogen (secondary N) is 1. The number of hydrogen-bond acceptors (Lipinski definition) is 3. The average Bonchev–Trinajstić information content (AvgIpc) is 2.21. The minimum atomic E-state index is 0.576. The van der Waals surface area contributed by atoms with Gasteiger partial charge >= 0.3 is 0 Å². The molecule has 3 nitrogen and oxygen atoms in total. The summed E-state index contributed by atoms with van der Waals surface area (Å²) in [5.74, 6) is 0.576. The Morgan fingerprint density at radius 3 is 3.17 bits per heavy atom. The maximum absolute atomic E-state index is 4.11. The van der Waals surface area contributed by atoms with Crippen molar-refractivity contribution in [1.82, 2.24) is 15.5 Å². The zero-order chi connectivity index (χ0) is 8.23. The van der Waals surface area contributed by atoms with E-state index in [4.69, 9.17) is 0 Å². The van der Waals surface area contributed by atoms with E-state index >= 15 is 0 Å². The Morgan fingerprint density at radius 1 is 1.50 bits per heavy atom. The zero-order valence-corrected chi connectivity index (χ0v) is 7.03. The van der Waals surface area contributed by atoms with Crippen molar-refractivity contribution in [2.45, 2.75) is 18.8 Å². The lowest BCUT2D eigenvalue weighted by Gasteiger charge is -2.21. The number of piperidine rings is 1. The molecule has 3 heteroatoms. The number of nitrogens with zero attached hydrogens (tertiary/aromatic N) is 2. The van der Waals surface area contributed by atoms with Crippen LogP contribution in [0.5, 0.6) is 0 Å². The lowest BCUT2D eigenvalue weighted by Crippen LogP contribution is -2.28. The van der Waals surface area contributed by atoms with Crippen LogP contribution in [0.25, 0.3) is 0 Å². The van der Waals surface area contributed by atoms with Crippen molar-refractivity contribution in [3.63, 3.8) is 0 Å². The number of aromatic nitrogens is 2. The lowest BCUT2D eigenvalue weighted by atomic mass is 9.96. The van der Waals surface area contributed by atoms with E-state index in [-0.39, 0.29) is 0 Å². The molecule has 1 saturated heterocycles. The first kappa shape index (κ1) is 7.68. The summed E-state index contributed by atoms with van der Waals surface area (Å²) in [7, 11) is 0. The van der Waals surface area contributed by atoms with E-state index in [2.05, 4.69) is 21.6 Å². The lowest BCUT2D eigenvalue weighted by molar-refractivity contribution is 0.452. The third-order valence-corrected chi connectivity index (χ3v) is 2.31. The van der Waals surface area contributed by atoms with Crippen molar-refractivity contribution >= 4 is 0 Å². The van der Waals surface area contributed by atoms with Crippen molar-refractivity contribution in [3.05, 3.63) is 24.0 Å². The van der Waals surface area contributed by atoms with Gasteiger partial charge in [0, 0.05) is 18.7 Å². The van der Waals surface area contributed by atoms with Crippen LogP contribution in [0.1, 0.15) is 24.5 Å². The second-order valence-electron chi connectivity index (χ2n) is 3.19. The van der Waals surface area contributed by atoms with Gasteiger partial charge in [0.2, 0.25) is 0 Å². The summed E-state index contributed by atoms with van der Waals surface area (Å²) in [5, 5.41) is 11.4. The maximum Gasteiger partial charge on any atom is 0.0674 e. The molecular formula is C9H13N3.